The molecule has 0 heterocycles. The Morgan fingerprint density at radius 3 is 2.27 bits per heavy atom. The van der Waals surface area contributed by atoms with Gasteiger partial charge in [0, 0.05) is 5.41 Å². The first-order valence-electron chi connectivity index (χ1n) is 12.2. The molecule has 0 spiro atoms. The summed E-state index contributed by atoms with van der Waals surface area (Å²) in [7, 11) is -1.88. The first-order chi connectivity index (χ1) is 13.7. The van der Waals surface area contributed by atoms with Crippen LogP contribution in [0.2, 0.25) is 18.1 Å². The quantitative estimate of drug-likeness (QED) is 0.405. The second kappa shape index (κ2) is 7.87. The minimum atomic E-state index is -1.88. The van der Waals surface area contributed by atoms with E-state index in [-0.39, 0.29) is 10.5 Å². The van der Waals surface area contributed by atoms with Crippen LogP contribution in [0.15, 0.2) is 12.1 Å². The second-order valence-corrected chi connectivity index (χ2v) is 17.1. The summed E-state index contributed by atoms with van der Waals surface area (Å²) < 4.78 is 13.6. The third kappa shape index (κ3) is 3.96. The molecule has 3 rings (SSSR count). The molecule has 0 amide bonds. The minimum Gasteiger partial charge on any atom is -0.543 e. The molecule has 1 aromatic rings. The predicted octanol–water partition coefficient (Wildman–Crippen LogP) is 8.32. The van der Waals surface area contributed by atoms with Crippen molar-refractivity contribution in [3.8, 4) is 11.5 Å². The number of fused-ring (bicyclic) bond motifs is 2. The van der Waals surface area contributed by atoms with Gasteiger partial charge in [0.05, 0.1) is 0 Å². The van der Waals surface area contributed by atoms with Gasteiger partial charge >= 0.3 is 0 Å². The average molecular weight is 431 g/mol. The molecule has 1 aromatic carbocycles. The lowest BCUT2D eigenvalue weighted by Crippen LogP contribution is -2.44. The third-order valence-electron chi connectivity index (χ3n) is 9.31. The standard InChI is InChI=1S/C27H46O2Si/c1-11-12-13-20-17-22(19(2)16-23(20)29-30(9,10)25(3,4)5)28-24-18-21-14-15-27(24,8)26(21,6)7/h16-17,21,24H,11-15,18H2,1-10H3/t21?,24-,27?/m1/s1. The topological polar surface area (TPSA) is 18.5 Å². The molecule has 2 nitrogen and oxygen atoms in total. The van der Waals surface area contributed by atoms with Gasteiger partial charge in [-0.25, -0.2) is 0 Å². The molecule has 2 aliphatic rings. The van der Waals surface area contributed by atoms with Gasteiger partial charge in [-0.2, -0.15) is 0 Å². The van der Waals surface area contributed by atoms with Gasteiger partial charge in [0.15, 0.2) is 0 Å². The van der Waals surface area contributed by atoms with Crippen LogP contribution < -0.4 is 9.16 Å². The van der Waals surface area contributed by atoms with Crippen LogP contribution in [0.4, 0.5) is 0 Å². The third-order valence-corrected chi connectivity index (χ3v) is 13.7. The molecule has 0 radical (unpaired) electrons. The maximum absolute atomic E-state index is 6.81. The van der Waals surface area contributed by atoms with E-state index in [9.17, 15) is 0 Å². The number of hydrogen-bond donors (Lipinski definition) is 0. The molecule has 2 fully saturated rings. The van der Waals surface area contributed by atoms with E-state index in [2.05, 4.69) is 80.6 Å². The SMILES string of the molecule is CCCCc1cc(O[C@@H]2CC3CCC2(C)C3(C)C)c(C)cc1O[Si](C)(C)C(C)(C)C. The van der Waals surface area contributed by atoms with Gasteiger partial charge in [0.25, 0.3) is 0 Å². The summed E-state index contributed by atoms with van der Waals surface area (Å²) in [6.07, 6.45) is 7.64. The van der Waals surface area contributed by atoms with Crippen molar-refractivity contribution in [2.24, 2.45) is 16.7 Å². The van der Waals surface area contributed by atoms with Gasteiger partial charge in [0.2, 0.25) is 8.32 Å². The van der Waals surface area contributed by atoms with Gasteiger partial charge in [-0.3, -0.25) is 0 Å². The molecule has 170 valence electrons. The summed E-state index contributed by atoms with van der Waals surface area (Å²) in [5.41, 5.74) is 3.20. The fourth-order valence-electron chi connectivity index (χ4n) is 5.38. The van der Waals surface area contributed by atoms with Gasteiger partial charge in [-0.15, -0.1) is 0 Å². The molecule has 3 atom stereocenters. The van der Waals surface area contributed by atoms with Crippen LogP contribution in [0.3, 0.4) is 0 Å². The average Bonchev–Trinajstić information content (AvgIpc) is 2.95. The summed E-state index contributed by atoms with van der Waals surface area (Å²) in [6, 6.07) is 4.58. The van der Waals surface area contributed by atoms with Crippen molar-refractivity contribution in [2.45, 2.75) is 118 Å². The highest BCUT2D eigenvalue weighted by atomic mass is 28.4. The fraction of sp³-hybridized carbons (Fsp3) is 0.778. The Balaban J connectivity index is 1.90. The van der Waals surface area contributed by atoms with Crippen LogP contribution in [0.25, 0.3) is 0 Å². The van der Waals surface area contributed by atoms with Gasteiger partial charge in [-0.1, -0.05) is 54.9 Å². The summed E-state index contributed by atoms with van der Waals surface area (Å²) in [6.45, 7) is 23.5. The zero-order valence-electron chi connectivity index (χ0n) is 21.4. The molecule has 2 bridgehead atoms. The van der Waals surface area contributed by atoms with Crippen molar-refractivity contribution in [3.05, 3.63) is 23.3 Å². The van der Waals surface area contributed by atoms with Crippen molar-refractivity contribution in [1.29, 1.82) is 0 Å². The summed E-state index contributed by atoms with van der Waals surface area (Å²) in [5, 5.41) is 0.196. The lowest BCUT2D eigenvalue weighted by molar-refractivity contribution is 0.0297. The van der Waals surface area contributed by atoms with E-state index < -0.39 is 8.32 Å². The van der Waals surface area contributed by atoms with E-state index >= 15 is 0 Å². The van der Waals surface area contributed by atoms with Crippen molar-refractivity contribution >= 4 is 8.32 Å². The maximum atomic E-state index is 6.81. The van der Waals surface area contributed by atoms with E-state index in [4.69, 9.17) is 9.16 Å². The number of ether oxygens (including phenoxy) is 1. The monoisotopic (exact) mass is 430 g/mol. The van der Waals surface area contributed by atoms with E-state index in [0.29, 0.717) is 11.5 Å². The Bertz CT molecular complexity index is 774. The molecule has 2 aliphatic carbocycles. The number of aryl methyl sites for hydroxylation is 2. The van der Waals surface area contributed by atoms with Crippen molar-refractivity contribution in [1.82, 2.24) is 0 Å². The summed E-state index contributed by atoms with van der Waals surface area (Å²) in [4.78, 5) is 0. The Kier molecular flexibility index (Phi) is 6.21. The van der Waals surface area contributed by atoms with Gasteiger partial charge in [-0.05, 0) is 91.8 Å². The largest absolute Gasteiger partial charge is 0.543 e. The van der Waals surface area contributed by atoms with Gasteiger partial charge in [0.1, 0.15) is 17.6 Å². The van der Waals surface area contributed by atoms with Crippen LogP contribution in [0.5, 0.6) is 11.5 Å². The van der Waals surface area contributed by atoms with Gasteiger partial charge < -0.3 is 9.16 Å². The lowest BCUT2D eigenvalue weighted by atomic mass is 9.70. The highest BCUT2D eigenvalue weighted by Gasteiger charge is 2.62. The van der Waals surface area contributed by atoms with E-state index in [0.717, 1.165) is 23.8 Å². The van der Waals surface area contributed by atoms with Crippen molar-refractivity contribution < 1.29 is 9.16 Å². The van der Waals surface area contributed by atoms with Crippen LogP contribution in [0.1, 0.15) is 91.7 Å². The van der Waals surface area contributed by atoms with E-state index in [1.54, 1.807) is 0 Å². The maximum Gasteiger partial charge on any atom is 0.250 e. The predicted molar refractivity (Wildman–Crippen MR) is 131 cm³/mol. The molecule has 0 aliphatic heterocycles. The molecule has 0 saturated heterocycles. The molecular weight excluding hydrogens is 384 g/mol. The molecule has 2 unspecified atom stereocenters. The first kappa shape index (κ1) is 23.7. The van der Waals surface area contributed by atoms with Crippen molar-refractivity contribution in [2.75, 3.05) is 0 Å². The number of unbranched alkanes of at least 4 members (excludes halogenated alkanes) is 1. The lowest BCUT2D eigenvalue weighted by Gasteiger charge is -2.39. The van der Waals surface area contributed by atoms with Crippen LogP contribution in [0, 0.1) is 23.7 Å². The smallest absolute Gasteiger partial charge is 0.250 e. The normalized spacial score (nSPS) is 28.1. The Hall–Kier alpha value is -0.963. The number of benzene rings is 1. The van der Waals surface area contributed by atoms with Crippen molar-refractivity contribution in [3.63, 3.8) is 0 Å². The highest BCUT2D eigenvalue weighted by molar-refractivity contribution is 6.74. The Morgan fingerprint density at radius 2 is 1.77 bits per heavy atom. The molecule has 0 aromatic heterocycles. The van der Waals surface area contributed by atoms with Crippen LogP contribution >= 0.6 is 0 Å². The summed E-state index contributed by atoms with van der Waals surface area (Å²) >= 11 is 0. The Morgan fingerprint density at radius 1 is 1.10 bits per heavy atom. The minimum absolute atomic E-state index is 0.196. The fourth-order valence-corrected chi connectivity index (χ4v) is 6.42. The number of hydrogen-bond acceptors (Lipinski definition) is 2. The number of rotatable bonds is 7. The molecule has 0 N–H and O–H groups in total. The molecule has 3 heteroatoms. The van der Waals surface area contributed by atoms with E-state index in [1.807, 2.05) is 0 Å². The van der Waals surface area contributed by atoms with Crippen LogP contribution in [-0.2, 0) is 6.42 Å². The molecule has 30 heavy (non-hydrogen) atoms. The van der Waals surface area contributed by atoms with E-state index in [1.165, 1.54) is 43.2 Å². The summed E-state index contributed by atoms with van der Waals surface area (Å²) in [5.74, 6) is 2.98. The Labute approximate surface area is 187 Å². The first-order valence-corrected chi connectivity index (χ1v) is 15.1. The zero-order chi connectivity index (χ0) is 22.5. The zero-order valence-corrected chi connectivity index (χ0v) is 22.4. The second-order valence-electron chi connectivity index (χ2n) is 12.4. The molecular formula is C27H46O2Si. The highest BCUT2D eigenvalue weighted by Crippen LogP contribution is 2.66. The molecule has 2 saturated carbocycles. The van der Waals surface area contributed by atoms with Crippen LogP contribution in [-0.4, -0.2) is 14.4 Å².